The normalized spacial score (nSPS) is 10.8. The highest BCUT2D eigenvalue weighted by Crippen LogP contribution is 2.20. The Labute approximate surface area is 166 Å². The predicted octanol–water partition coefficient (Wildman–Crippen LogP) is 4.89. The molecule has 0 saturated heterocycles. The van der Waals surface area contributed by atoms with Crippen molar-refractivity contribution < 1.29 is 4.79 Å². The SMILES string of the molecule is Cc1ccc(CNC(=O)c2cc(Nc3ccc(C(C)C)cc3)nc(C)n2)cc1. The summed E-state index contributed by atoms with van der Waals surface area (Å²) in [7, 11) is 0. The third-order valence-corrected chi connectivity index (χ3v) is 4.49. The van der Waals surface area contributed by atoms with Gasteiger partial charge >= 0.3 is 0 Å². The highest BCUT2D eigenvalue weighted by atomic mass is 16.1. The summed E-state index contributed by atoms with van der Waals surface area (Å²) in [5, 5.41) is 6.17. The number of rotatable bonds is 6. The number of carbonyl (C=O) groups is 1. The molecule has 0 aliphatic carbocycles. The summed E-state index contributed by atoms with van der Waals surface area (Å²) < 4.78 is 0. The lowest BCUT2D eigenvalue weighted by Crippen LogP contribution is -2.24. The first-order valence-corrected chi connectivity index (χ1v) is 9.47. The molecule has 5 heteroatoms. The van der Waals surface area contributed by atoms with Crippen LogP contribution in [0.1, 0.15) is 52.8 Å². The second-order valence-electron chi connectivity index (χ2n) is 7.26. The number of hydrogen-bond acceptors (Lipinski definition) is 4. The van der Waals surface area contributed by atoms with Crippen molar-refractivity contribution in [2.24, 2.45) is 0 Å². The molecule has 2 N–H and O–H groups in total. The molecule has 1 heterocycles. The number of amides is 1. The Morgan fingerprint density at radius 1 is 0.964 bits per heavy atom. The minimum Gasteiger partial charge on any atom is -0.347 e. The van der Waals surface area contributed by atoms with Gasteiger partial charge in [-0.15, -0.1) is 0 Å². The molecule has 28 heavy (non-hydrogen) atoms. The molecule has 2 aromatic carbocycles. The number of nitrogens with one attached hydrogen (secondary N) is 2. The topological polar surface area (TPSA) is 66.9 Å². The molecule has 0 saturated carbocycles. The molecule has 0 spiro atoms. The van der Waals surface area contributed by atoms with Crippen molar-refractivity contribution in [2.45, 2.75) is 40.2 Å². The van der Waals surface area contributed by atoms with E-state index in [0.29, 0.717) is 29.8 Å². The summed E-state index contributed by atoms with van der Waals surface area (Å²) in [6.07, 6.45) is 0. The highest BCUT2D eigenvalue weighted by molar-refractivity contribution is 5.93. The van der Waals surface area contributed by atoms with E-state index >= 15 is 0 Å². The number of aryl methyl sites for hydroxylation is 2. The minimum atomic E-state index is -0.218. The van der Waals surface area contributed by atoms with Crippen LogP contribution in [0.5, 0.6) is 0 Å². The standard InChI is InChI=1S/C23H26N4O/c1-15(2)19-9-11-20(12-10-19)27-22-13-21(25-17(4)26-22)23(28)24-14-18-7-5-16(3)6-8-18/h5-13,15H,14H2,1-4H3,(H,24,28)(H,25,26,27). The fourth-order valence-electron chi connectivity index (χ4n) is 2.83. The lowest BCUT2D eigenvalue weighted by Gasteiger charge is -2.11. The average molecular weight is 374 g/mol. The van der Waals surface area contributed by atoms with Gasteiger partial charge in [0.05, 0.1) is 0 Å². The first kappa shape index (κ1) is 19.5. The molecule has 0 radical (unpaired) electrons. The lowest BCUT2D eigenvalue weighted by molar-refractivity contribution is 0.0945. The van der Waals surface area contributed by atoms with Gasteiger partial charge in [0.25, 0.3) is 5.91 Å². The van der Waals surface area contributed by atoms with E-state index in [9.17, 15) is 4.79 Å². The third-order valence-electron chi connectivity index (χ3n) is 4.49. The van der Waals surface area contributed by atoms with Crippen molar-refractivity contribution in [3.05, 3.63) is 82.8 Å². The van der Waals surface area contributed by atoms with Crippen molar-refractivity contribution in [3.63, 3.8) is 0 Å². The van der Waals surface area contributed by atoms with E-state index in [-0.39, 0.29) is 5.91 Å². The molecule has 1 amide bonds. The van der Waals surface area contributed by atoms with Gasteiger partial charge in [-0.05, 0) is 43.0 Å². The van der Waals surface area contributed by atoms with Crippen LogP contribution in [0.2, 0.25) is 0 Å². The molecule has 0 unspecified atom stereocenters. The van der Waals surface area contributed by atoms with Gasteiger partial charge in [-0.3, -0.25) is 4.79 Å². The smallest absolute Gasteiger partial charge is 0.270 e. The maximum Gasteiger partial charge on any atom is 0.270 e. The van der Waals surface area contributed by atoms with Crippen LogP contribution >= 0.6 is 0 Å². The van der Waals surface area contributed by atoms with E-state index in [1.807, 2.05) is 43.3 Å². The first-order valence-electron chi connectivity index (χ1n) is 9.47. The molecule has 144 valence electrons. The second-order valence-corrected chi connectivity index (χ2v) is 7.26. The van der Waals surface area contributed by atoms with Crippen molar-refractivity contribution in [2.75, 3.05) is 5.32 Å². The summed E-state index contributed by atoms with van der Waals surface area (Å²) in [5.74, 6) is 1.41. The number of benzene rings is 2. The number of nitrogens with zero attached hydrogens (tertiary/aromatic N) is 2. The van der Waals surface area contributed by atoms with Crippen molar-refractivity contribution in [3.8, 4) is 0 Å². The highest BCUT2D eigenvalue weighted by Gasteiger charge is 2.11. The maximum atomic E-state index is 12.5. The van der Waals surface area contributed by atoms with E-state index < -0.39 is 0 Å². The van der Waals surface area contributed by atoms with Gasteiger partial charge < -0.3 is 10.6 Å². The van der Waals surface area contributed by atoms with Gasteiger partial charge in [0.1, 0.15) is 17.3 Å². The summed E-state index contributed by atoms with van der Waals surface area (Å²) in [4.78, 5) is 21.2. The minimum absolute atomic E-state index is 0.218. The molecule has 0 fully saturated rings. The fourth-order valence-corrected chi connectivity index (χ4v) is 2.83. The average Bonchev–Trinajstić information content (AvgIpc) is 2.67. The second kappa shape index (κ2) is 8.65. The predicted molar refractivity (Wildman–Crippen MR) is 113 cm³/mol. The Bertz CT molecular complexity index is 947. The zero-order valence-electron chi connectivity index (χ0n) is 16.8. The number of carbonyl (C=O) groups excluding carboxylic acids is 1. The Hall–Kier alpha value is -3.21. The number of hydrogen-bond donors (Lipinski definition) is 2. The van der Waals surface area contributed by atoms with Crippen molar-refractivity contribution in [1.82, 2.24) is 15.3 Å². The third kappa shape index (κ3) is 5.16. The molecule has 0 aliphatic rings. The van der Waals surface area contributed by atoms with Gasteiger partial charge in [-0.2, -0.15) is 0 Å². The molecular weight excluding hydrogens is 348 g/mol. The van der Waals surface area contributed by atoms with E-state index in [1.54, 1.807) is 13.0 Å². The number of anilines is 2. The monoisotopic (exact) mass is 374 g/mol. The fraction of sp³-hybridized carbons (Fsp3) is 0.261. The van der Waals surface area contributed by atoms with Crippen LogP contribution < -0.4 is 10.6 Å². The maximum absolute atomic E-state index is 12.5. The van der Waals surface area contributed by atoms with E-state index in [1.165, 1.54) is 11.1 Å². The summed E-state index contributed by atoms with van der Waals surface area (Å²) >= 11 is 0. The van der Waals surface area contributed by atoms with Crippen LogP contribution in [-0.4, -0.2) is 15.9 Å². The molecule has 0 atom stereocenters. The Balaban J connectivity index is 1.69. The number of aromatic nitrogens is 2. The molecule has 5 nitrogen and oxygen atoms in total. The Morgan fingerprint density at radius 3 is 2.29 bits per heavy atom. The summed E-state index contributed by atoms with van der Waals surface area (Å²) in [6.45, 7) is 8.61. The molecule has 0 bridgehead atoms. The molecule has 3 aromatic rings. The van der Waals surface area contributed by atoms with Gasteiger partial charge in [-0.1, -0.05) is 55.8 Å². The molecule has 0 aliphatic heterocycles. The van der Waals surface area contributed by atoms with Crippen LogP contribution in [0.3, 0.4) is 0 Å². The van der Waals surface area contributed by atoms with Crippen molar-refractivity contribution >= 4 is 17.4 Å². The van der Waals surface area contributed by atoms with Gasteiger partial charge in [0.2, 0.25) is 0 Å². The van der Waals surface area contributed by atoms with Crippen LogP contribution in [0.15, 0.2) is 54.6 Å². The molecule has 1 aromatic heterocycles. The Kier molecular flexibility index (Phi) is 6.04. The van der Waals surface area contributed by atoms with Crippen molar-refractivity contribution in [1.29, 1.82) is 0 Å². The van der Waals surface area contributed by atoms with Crippen LogP contribution in [0, 0.1) is 13.8 Å². The quantitative estimate of drug-likeness (QED) is 0.645. The Morgan fingerprint density at radius 2 is 1.64 bits per heavy atom. The van der Waals surface area contributed by atoms with E-state index in [4.69, 9.17) is 0 Å². The largest absolute Gasteiger partial charge is 0.347 e. The summed E-state index contributed by atoms with van der Waals surface area (Å²) in [6, 6.07) is 18.0. The summed E-state index contributed by atoms with van der Waals surface area (Å²) in [5.41, 5.74) is 4.79. The lowest BCUT2D eigenvalue weighted by atomic mass is 10.0. The van der Waals surface area contributed by atoms with Gasteiger partial charge in [0, 0.05) is 18.3 Å². The van der Waals surface area contributed by atoms with E-state index in [2.05, 4.69) is 46.6 Å². The molecular formula is C23H26N4O. The van der Waals surface area contributed by atoms with Gasteiger partial charge in [0.15, 0.2) is 0 Å². The van der Waals surface area contributed by atoms with Crippen LogP contribution in [-0.2, 0) is 6.54 Å². The van der Waals surface area contributed by atoms with Crippen LogP contribution in [0.4, 0.5) is 11.5 Å². The zero-order valence-corrected chi connectivity index (χ0v) is 16.8. The first-order chi connectivity index (χ1) is 13.4. The van der Waals surface area contributed by atoms with E-state index in [0.717, 1.165) is 11.3 Å². The zero-order chi connectivity index (χ0) is 20.1. The van der Waals surface area contributed by atoms with Crippen LogP contribution in [0.25, 0.3) is 0 Å². The van der Waals surface area contributed by atoms with Gasteiger partial charge in [-0.25, -0.2) is 9.97 Å². The molecule has 3 rings (SSSR count).